The molecule has 8 heteroatoms. The van der Waals surface area contributed by atoms with Crippen molar-refractivity contribution in [3.05, 3.63) is 52.4 Å². The molecule has 0 amide bonds. The number of aromatic amines is 1. The number of H-pyrrole nitrogens is 1. The number of carbonyl (C=O) groups excluding carboxylic acids is 3. The lowest BCUT2D eigenvalue weighted by molar-refractivity contribution is -0.136. The molecule has 1 heterocycles. The molecule has 0 fully saturated rings. The van der Waals surface area contributed by atoms with E-state index in [1.54, 1.807) is 39.0 Å². The first-order valence-electron chi connectivity index (χ1n) is 9.29. The van der Waals surface area contributed by atoms with Crippen LogP contribution in [0.5, 0.6) is 11.5 Å². The molecule has 8 nitrogen and oxygen atoms in total. The maximum atomic E-state index is 12.6. The van der Waals surface area contributed by atoms with Crippen molar-refractivity contribution in [3.8, 4) is 11.5 Å². The second-order valence-corrected chi connectivity index (χ2v) is 6.29. The summed E-state index contributed by atoms with van der Waals surface area (Å²) in [6.07, 6.45) is 2.69. The van der Waals surface area contributed by atoms with Crippen molar-refractivity contribution in [3.63, 3.8) is 0 Å². The number of para-hydroxylation sites is 1. The fourth-order valence-electron chi connectivity index (χ4n) is 3.05. The van der Waals surface area contributed by atoms with Crippen LogP contribution in [0, 0.1) is 13.8 Å². The van der Waals surface area contributed by atoms with Crippen LogP contribution in [0.1, 0.15) is 44.6 Å². The molecule has 0 saturated heterocycles. The Morgan fingerprint density at radius 1 is 1.00 bits per heavy atom. The van der Waals surface area contributed by atoms with E-state index in [0.717, 1.165) is 0 Å². The summed E-state index contributed by atoms with van der Waals surface area (Å²) in [5.41, 5.74) is 1.96. The van der Waals surface area contributed by atoms with Crippen molar-refractivity contribution in [2.45, 2.75) is 20.8 Å². The Morgan fingerprint density at radius 2 is 1.70 bits per heavy atom. The van der Waals surface area contributed by atoms with Gasteiger partial charge in [0.05, 0.1) is 32.0 Å². The summed E-state index contributed by atoms with van der Waals surface area (Å²) in [6, 6.07) is 5.23. The predicted octanol–water partition coefficient (Wildman–Crippen LogP) is 3.26. The Labute approximate surface area is 174 Å². The summed E-state index contributed by atoms with van der Waals surface area (Å²) in [5.74, 6) is -0.818. The molecule has 0 saturated carbocycles. The van der Waals surface area contributed by atoms with Gasteiger partial charge in [0, 0.05) is 23.0 Å². The number of ether oxygens (including phenoxy) is 4. The zero-order chi connectivity index (χ0) is 22.3. The van der Waals surface area contributed by atoms with Crippen LogP contribution in [0.4, 0.5) is 0 Å². The molecule has 2 rings (SSSR count). The highest BCUT2D eigenvalue weighted by molar-refractivity contribution is 6.09. The van der Waals surface area contributed by atoms with E-state index in [4.69, 9.17) is 18.9 Å². The largest absolute Gasteiger partial charge is 0.493 e. The molecule has 1 N–H and O–H groups in total. The molecule has 1 aromatic heterocycles. The molecule has 1 aromatic carbocycles. The van der Waals surface area contributed by atoms with Crippen LogP contribution in [0.15, 0.2) is 24.3 Å². The zero-order valence-corrected chi connectivity index (χ0v) is 17.7. The summed E-state index contributed by atoms with van der Waals surface area (Å²) in [4.78, 5) is 39.8. The topological polar surface area (TPSA) is 104 Å². The third-order valence-electron chi connectivity index (χ3n) is 4.31. The molecule has 0 radical (unpaired) electrons. The quantitative estimate of drug-likeness (QED) is 0.381. The Hall–Kier alpha value is -3.55. The molecule has 0 spiro atoms. The van der Waals surface area contributed by atoms with E-state index in [2.05, 4.69) is 4.98 Å². The lowest BCUT2D eigenvalue weighted by atomic mass is 10.1. The first kappa shape index (κ1) is 22.7. The van der Waals surface area contributed by atoms with Crippen LogP contribution in [-0.2, 0) is 14.3 Å². The monoisotopic (exact) mass is 415 g/mol. The van der Waals surface area contributed by atoms with Crippen molar-refractivity contribution in [2.75, 3.05) is 27.4 Å². The number of hydrogen-bond acceptors (Lipinski definition) is 7. The van der Waals surface area contributed by atoms with E-state index < -0.39 is 24.3 Å². The summed E-state index contributed by atoms with van der Waals surface area (Å²) in [6.45, 7) is 4.69. The molecule has 0 bridgehead atoms. The number of hydrogen-bond donors (Lipinski definition) is 1. The highest BCUT2D eigenvalue weighted by Crippen LogP contribution is 2.31. The molecule has 0 aliphatic heterocycles. The Morgan fingerprint density at radius 3 is 2.33 bits per heavy atom. The highest BCUT2D eigenvalue weighted by Gasteiger charge is 2.25. The molecule has 0 atom stereocenters. The van der Waals surface area contributed by atoms with Crippen molar-refractivity contribution in [1.82, 2.24) is 4.98 Å². The maximum absolute atomic E-state index is 12.6. The van der Waals surface area contributed by atoms with Crippen LogP contribution >= 0.6 is 0 Å². The standard InChI is InChI=1S/C22H25NO7/c1-6-29-22(26)20-14(3)23-13(2)19(20)16(24)12-30-18(25)11-10-15-8-7-9-17(27-4)21(15)28-5/h7-11,23H,6,12H2,1-5H3/b11-10+. The van der Waals surface area contributed by atoms with Gasteiger partial charge in [0.15, 0.2) is 18.1 Å². The van der Waals surface area contributed by atoms with Crippen LogP contribution in [-0.4, -0.2) is 50.1 Å². The Kier molecular flexibility index (Phi) is 7.80. The van der Waals surface area contributed by atoms with Crippen LogP contribution < -0.4 is 9.47 Å². The minimum Gasteiger partial charge on any atom is -0.493 e. The molecule has 160 valence electrons. The molecule has 0 aliphatic carbocycles. The Bertz CT molecular complexity index is 972. The summed E-state index contributed by atoms with van der Waals surface area (Å²) in [7, 11) is 3.01. The molecule has 0 unspecified atom stereocenters. The van der Waals surface area contributed by atoms with E-state index in [9.17, 15) is 14.4 Å². The third kappa shape index (κ3) is 5.08. The van der Waals surface area contributed by atoms with Crippen molar-refractivity contribution in [2.24, 2.45) is 0 Å². The van der Waals surface area contributed by atoms with Gasteiger partial charge in [0.1, 0.15) is 0 Å². The summed E-state index contributed by atoms with van der Waals surface area (Å²) < 4.78 is 20.6. The lowest BCUT2D eigenvalue weighted by Gasteiger charge is -2.09. The normalized spacial score (nSPS) is 10.7. The van der Waals surface area contributed by atoms with E-state index in [1.807, 2.05) is 0 Å². The second kappa shape index (κ2) is 10.3. The van der Waals surface area contributed by atoms with Gasteiger partial charge in [-0.15, -0.1) is 0 Å². The number of ketones is 1. The number of esters is 2. The fourth-order valence-corrected chi connectivity index (χ4v) is 3.05. The number of rotatable bonds is 9. The van der Waals surface area contributed by atoms with E-state index in [1.165, 1.54) is 26.4 Å². The number of methoxy groups -OCH3 is 2. The van der Waals surface area contributed by atoms with Gasteiger partial charge in [-0.2, -0.15) is 0 Å². The predicted molar refractivity (Wildman–Crippen MR) is 110 cm³/mol. The summed E-state index contributed by atoms with van der Waals surface area (Å²) in [5, 5.41) is 0. The SMILES string of the molecule is CCOC(=O)c1c(C)[nH]c(C)c1C(=O)COC(=O)/C=C/c1cccc(OC)c1OC. The van der Waals surface area contributed by atoms with Crippen molar-refractivity contribution < 1.29 is 33.3 Å². The van der Waals surface area contributed by atoms with Gasteiger partial charge in [0.25, 0.3) is 0 Å². The average Bonchev–Trinajstić information content (AvgIpc) is 3.03. The van der Waals surface area contributed by atoms with Gasteiger partial charge in [-0.25, -0.2) is 9.59 Å². The second-order valence-electron chi connectivity index (χ2n) is 6.29. The lowest BCUT2D eigenvalue weighted by Crippen LogP contribution is -2.17. The number of Topliss-reactive ketones (excluding diaryl/α,β-unsaturated/α-hetero) is 1. The van der Waals surface area contributed by atoms with Gasteiger partial charge in [0.2, 0.25) is 5.78 Å². The zero-order valence-electron chi connectivity index (χ0n) is 17.7. The van der Waals surface area contributed by atoms with Gasteiger partial charge in [-0.1, -0.05) is 12.1 Å². The van der Waals surface area contributed by atoms with E-state index in [-0.39, 0.29) is 17.7 Å². The molecule has 0 aliphatic rings. The number of carbonyl (C=O) groups is 3. The summed E-state index contributed by atoms with van der Waals surface area (Å²) >= 11 is 0. The number of nitrogens with one attached hydrogen (secondary N) is 1. The van der Waals surface area contributed by atoms with Gasteiger partial charge in [-0.05, 0) is 32.9 Å². The minimum atomic E-state index is -0.712. The van der Waals surface area contributed by atoms with Crippen molar-refractivity contribution in [1.29, 1.82) is 0 Å². The first-order valence-corrected chi connectivity index (χ1v) is 9.29. The first-order chi connectivity index (χ1) is 14.3. The molecule has 30 heavy (non-hydrogen) atoms. The van der Waals surface area contributed by atoms with E-state index >= 15 is 0 Å². The Balaban J connectivity index is 2.10. The van der Waals surface area contributed by atoms with Gasteiger partial charge >= 0.3 is 11.9 Å². The average molecular weight is 415 g/mol. The number of aryl methyl sites for hydroxylation is 2. The number of benzene rings is 1. The highest BCUT2D eigenvalue weighted by atomic mass is 16.5. The van der Waals surface area contributed by atoms with Crippen LogP contribution in [0.25, 0.3) is 6.08 Å². The van der Waals surface area contributed by atoms with Crippen molar-refractivity contribution >= 4 is 23.8 Å². The van der Waals surface area contributed by atoms with Gasteiger partial charge < -0.3 is 23.9 Å². The minimum absolute atomic E-state index is 0.159. The van der Waals surface area contributed by atoms with E-state index in [0.29, 0.717) is 28.5 Å². The fraction of sp³-hybridized carbons (Fsp3) is 0.318. The van der Waals surface area contributed by atoms with Crippen LogP contribution in [0.2, 0.25) is 0 Å². The maximum Gasteiger partial charge on any atom is 0.340 e. The molecular formula is C22H25NO7. The van der Waals surface area contributed by atoms with Gasteiger partial charge in [-0.3, -0.25) is 4.79 Å². The third-order valence-corrected chi connectivity index (χ3v) is 4.31. The number of aromatic nitrogens is 1. The molecule has 2 aromatic rings. The van der Waals surface area contributed by atoms with Crippen LogP contribution in [0.3, 0.4) is 0 Å². The smallest absolute Gasteiger partial charge is 0.340 e. The molecular weight excluding hydrogens is 390 g/mol.